The minimum absolute atomic E-state index is 0.233. The van der Waals surface area contributed by atoms with E-state index in [0.29, 0.717) is 18.4 Å². The molecule has 4 heteroatoms. The number of ketones is 3. The molecule has 1 N–H and O–H groups in total. The second-order valence-electron chi connectivity index (χ2n) is 6.58. The highest BCUT2D eigenvalue weighted by molar-refractivity contribution is 6.50. The fraction of sp³-hybridized carbons (Fsp3) is 0.250. The molecular weight excluding hydrogens is 304 g/mol. The Labute approximate surface area is 140 Å². The van der Waals surface area contributed by atoms with E-state index in [1.807, 2.05) is 12.1 Å². The lowest BCUT2D eigenvalue weighted by Gasteiger charge is -2.19. The Morgan fingerprint density at radius 3 is 2.17 bits per heavy atom. The molecule has 0 radical (unpaired) electrons. The van der Waals surface area contributed by atoms with Crippen LogP contribution < -0.4 is 0 Å². The van der Waals surface area contributed by atoms with Crippen molar-refractivity contribution in [2.45, 2.75) is 32.3 Å². The van der Waals surface area contributed by atoms with Crippen molar-refractivity contribution in [1.29, 1.82) is 0 Å². The van der Waals surface area contributed by atoms with Gasteiger partial charge in [0.05, 0.1) is 0 Å². The van der Waals surface area contributed by atoms with Gasteiger partial charge < -0.3 is 5.11 Å². The SMILES string of the molecule is CC(C)(O)C(=O)c1ccc2c(c1)C(=O)C(=O)c1ccccc1CC2. The number of hydrogen-bond donors (Lipinski definition) is 1. The van der Waals surface area contributed by atoms with Crippen LogP contribution in [0.2, 0.25) is 0 Å². The van der Waals surface area contributed by atoms with E-state index >= 15 is 0 Å². The molecule has 0 bridgehead atoms. The number of aryl methyl sites for hydroxylation is 2. The Kier molecular flexibility index (Phi) is 3.93. The molecule has 4 nitrogen and oxygen atoms in total. The quantitative estimate of drug-likeness (QED) is 0.682. The summed E-state index contributed by atoms with van der Waals surface area (Å²) in [5, 5.41) is 9.89. The third-order valence-corrected chi connectivity index (χ3v) is 4.30. The van der Waals surface area contributed by atoms with Crippen molar-refractivity contribution in [2.24, 2.45) is 0 Å². The van der Waals surface area contributed by atoms with Gasteiger partial charge in [0, 0.05) is 16.7 Å². The first-order chi connectivity index (χ1) is 11.3. The molecule has 0 saturated carbocycles. The fourth-order valence-corrected chi connectivity index (χ4v) is 2.97. The number of fused-ring (bicyclic) bond motifs is 2. The van der Waals surface area contributed by atoms with Crippen molar-refractivity contribution >= 4 is 17.3 Å². The van der Waals surface area contributed by atoms with Gasteiger partial charge in [-0.1, -0.05) is 36.4 Å². The zero-order valence-electron chi connectivity index (χ0n) is 13.6. The molecule has 122 valence electrons. The number of hydrogen-bond acceptors (Lipinski definition) is 4. The second kappa shape index (κ2) is 5.80. The van der Waals surface area contributed by atoms with Crippen LogP contribution in [0.15, 0.2) is 42.5 Å². The number of carbonyl (C=O) groups is 3. The molecule has 0 spiro atoms. The maximum Gasteiger partial charge on any atom is 0.233 e. The van der Waals surface area contributed by atoms with Gasteiger partial charge in [0.15, 0.2) is 5.78 Å². The minimum Gasteiger partial charge on any atom is -0.382 e. The van der Waals surface area contributed by atoms with Crippen LogP contribution in [0.1, 0.15) is 56.0 Å². The summed E-state index contributed by atoms with van der Waals surface area (Å²) < 4.78 is 0. The van der Waals surface area contributed by atoms with Crippen molar-refractivity contribution in [3.05, 3.63) is 70.3 Å². The average Bonchev–Trinajstić information content (AvgIpc) is 2.56. The van der Waals surface area contributed by atoms with Crippen molar-refractivity contribution in [1.82, 2.24) is 0 Å². The van der Waals surface area contributed by atoms with E-state index in [-0.39, 0.29) is 11.1 Å². The summed E-state index contributed by atoms with van der Waals surface area (Å²) in [6.45, 7) is 2.80. The van der Waals surface area contributed by atoms with Crippen LogP contribution in [0.25, 0.3) is 0 Å². The average molecular weight is 322 g/mol. The monoisotopic (exact) mass is 322 g/mol. The van der Waals surface area contributed by atoms with Crippen LogP contribution in [-0.4, -0.2) is 28.1 Å². The minimum atomic E-state index is -1.53. The smallest absolute Gasteiger partial charge is 0.233 e. The Bertz CT molecular complexity index is 856. The van der Waals surface area contributed by atoms with E-state index in [9.17, 15) is 19.5 Å². The molecule has 0 atom stereocenters. The summed E-state index contributed by atoms with van der Waals surface area (Å²) in [4.78, 5) is 37.4. The zero-order chi connectivity index (χ0) is 17.5. The molecule has 0 heterocycles. The number of carbonyl (C=O) groups excluding carboxylic acids is 3. The first-order valence-electron chi connectivity index (χ1n) is 7.86. The molecule has 0 aliphatic heterocycles. The van der Waals surface area contributed by atoms with E-state index in [2.05, 4.69) is 0 Å². The fourth-order valence-electron chi connectivity index (χ4n) is 2.97. The van der Waals surface area contributed by atoms with Gasteiger partial charge in [-0.2, -0.15) is 0 Å². The Morgan fingerprint density at radius 1 is 0.917 bits per heavy atom. The van der Waals surface area contributed by atoms with Crippen LogP contribution in [0, 0.1) is 0 Å². The summed E-state index contributed by atoms with van der Waals surface area (Å²) in [5.74, 6) is -1.64. The summed E-state index contributed by atoms with van der Waals surface area (Å²) in [6.07, 6.45) is 1.27. The molecule has 0 saturated heterocycles. The van der Waals surface area contributed by atoms with Gasteiger partial charge in [0.25, 0.3) is 0 Å². The lowest BCUT2D eigenvalue weighted by Crippen LogP contribution is -2.31. The van der Waals surface area contributed by atoms with E-state index in [1.165, 1.54) is 19.9 Å². The number of rotatable bonds is 2. The Morgan fingerprint density at radius 2 is 1.50 bits per heavy atom. The Balaban J connectivity index is 2.09. The van der Waals surface area contributed by atoms with Crippen molar-refractivity contribution < 1.29 is 19.5 Å². The third kappa shape index (κ3) is 2.81. The molecule has 3 rings (SSSR count). The second-order valence-corrected chi connectivity index (χ2v) is 6.58. The predicted octanol–water partition coefficient (Wildman–Crippen LogP) is 2.80. The molecule has 0 amide bonds. The number of aliphatic hydroxyl groups is 1. The highest BCUT2D eigenvalue weighted by atomic mass is 16.3. The van der Waals surface area contributed by atoms with Crippen LogP contribution in [0.4, 0.5) is 0 Å². The van der Waals surface area contributed by atoms with Crippen LogP contribution in [0.5, 0.6) is 0 Å². The summed E-state index contributed by atoms with van der Waals surface area (Å²) in [7, 11) is 0. The van der Waals surface area contributed by atoms with Gasteiger partial charge in [-0.3, -0.25) is 14.4 Å². The van der Waals surface area contributed by atoms with Gasteiger partial charge in [0.1, 0.15) is 5.60 Å². The van der Waals surface area contributed by atoms with Gasteiger partial charge in [-0.05, 0) is 43.9 Å². The lowest BCUT2D eigenvalue weighted by atomic mass is 9.85. The third-order valence-electron chi connectivity index (χ3n) is 4.30. The topological polar surface area (TPSA) is 71.4 Å². The summed E-state index contributed by atoms with van der Waals surface area (Å²) in [5.41, 5.74) is 0.983. The number of Topliss-reactive ketones (excluding diaryl/α,β-unsaturated/α-hetero) is 3. The van der Waals surface area contributed by atoms with E-state index in [4.69, 9.17) is 0 Å². The molecule has 2 aromatic rings. The van der Waals surface area contributed by atoms with Gasteiger partial charge in [0.2, 0.25) is 11.6 Å². The van der Waals surface area contributed by atoms with Gasteiger partial charge in [-0.15, -0.1) is 0 Å². The predicted molar refractivity (Wildman–Crippen MR) is 89.6 cm³/mol. The normalized spacial score (nSPS) is 14.5. The maximum atomic E-state index is 12.7. The summed E-state index contributed by atoms with van der Waals surface area (Å²) in [6, 6.07) is 11.8. The standard InChI is InChI=1S/C20H18O4/c1-20(2,24)19(23)14-10-9-13-8-7-12-5-3-4-6-15(12)17(21)18(22)16(13)11-14/h3-6,9-11,24H,7-8H2,1-2H3. The van der Waals surface area contributed by atoms with Crippen LogP contribution in [-0.2, 0) is 12.8 Å². The first kappa shape index (κ1) is 16.3. The highest BCUT2D eigenvalue weighted by Crippen LogP contribution is 2.24. The van der Waals surface area contributed by atoms with E-state index in [1.54, 1.807) is 24.3 Å². The zero-order valence-corrected chi connectivity index (χ0v) is 13.6. The number of benzene rings is 2. The van der Waals surface area contributed by atoms with E-state index in [0.717, 1.165) is 11.1 Å². The Hall–Kier alpha value is -2.59. The highest BCUT2D eigenvalue weighted by Gasteiger charge is 2.29. The van der Waals surface area contributed by atoms with Crippen LogP contribution in [0.3, 0.4) is 0 Å². The summed E-state index contributed by atoms with van der Waals surface area (Å²) >= 11 is 0. The molecule has 1 aliphatic rings. The van der Waals surface area contributed by atoms with Gasteiger partial charge >= 0.3 is 0 Å². The maximum absolute atomic E-state index is 12.7. The molecule has 0 fully saturated rings. The molecule has 2 aromatic carbocycles. The molecular formula is C20H18O4. The lowest BCUT2D eigenvalue weighted by molar-refractivity contribution is 0.0488. The van der Waals surface area contributed by atoms with Crippen molar-refractivity contribution in [3.63, 3.8) is 0 Å². The molecule has 0 unspecified atom stereocenters. The van der Waals surface area contributed by atoms with Crippen LogP contribution >= 0.6 is 0 Å². The molecule has 1 aliphatic carbocycles. The molecule has 0 aromatic heterocycles. The largest absolute Gasteiger partial charge is 0.382 e. The van der Waals surface area contributed by atoms with Crippen molar-refractivity contribution in [3.8, 4) is 0 Å². The molecule has 24 heavy (non-hydrogen) atoms. The van der Waals surface area contributed by atoms with Gasteiger partial charge in [-0.25, -0.2) is 0 Å². The van der Waals surface area contributed by atoms with Crippen molar-refractivity contribution in [2.75, 3.05) is 0 Å². The first-order valence-corrected chi connectivity index (χ1v) is 7.86. The van der Waals surface area contributed by atoms with E-state index < -0.39 is 23.0 Å².